The van der Waals surface area contributed by atoms with Crippen LogP contribution in [-0.4, -0.2) is 24.6 Å². The minimum absolute atomic E-state index is 0.106. The molecule has 5 heteroatoms. The van der Waals surface area contributed by atoms with Crippen molar-refractivity contribution in [2.24, 2.45) is 5.73 Å². The molecule has 0 fully saturated rings. The van der Waals surface area contributed by atoms with Crippen molar-refractivity contribution < 1.29 is 9.53 Å². The largest absolute Gasteiger partial charge is 0.445 e. The third-order valence-corrected chi connectivity index (χ3v) is 1.13. The third-order valence-electron chi connectivity index (χ3n) is 1.13. The van der Waals surface area contributed by atoms with Crippen LogP contribution < -0.4 is 11.1 Å². The number of amidine groups is 1. The van der Waals surface area contributed by atoms with Gasteiger partial charge in [0.25, 0.3) is 0 Å². The van der Waals surface area contributed by atoms with Gasteiger partial charge in [-0.1, -0.05) is 12.7 Å². The number of hydrogen-bond acceptors (Lipinski definition) is 3. The minimum Gasteiger partial charge on any atom is -0.445 e. The molecule has 0 saturated carbocycles. The van der Waals surface area contributed by atoms with E-state index in [1.54, 1.807) is 6.92 Å². The first-order valence-electron chi connectivity index (χ1n) is 3.46. The second kappa shape index (κ2) is 5.17. The molecular formula is C7H13N3O2. The van der Waals surface area contributed by atoms with Crippen molar-refractivity contribution in [2.45, 2.75) is 13.0 Å². The molecule has 4 N–H and O–H groups in total. The number of nitrogens with two attached hydrogens (primary N) is 1. The van der Waals surface area contributed by atoms with E-state index in [4.69, 9.17) is 11.1 Å². The normalized spacial score (nSPS) is 11.4. The Morgan fingerprint density at radius 3 is 2.92 bits per heavy atom. The van der Waals surface area contributed by atoms with Crippen LogP contribution in [0.2, 0.25) is 0 Å². The molecule has 1 unspecified atom stereocenters. The number of hydrogen-bond donors (Lipinski definition) is 3. The molecule has 0 bridgehead atoms. The Hall–Kier alpha value is -1.52. The van der Waals surface area contributed by atoms with Gasteiger partial charge < -0.3 is 15.8 Å². The average Bonchev–Trinajstić information content (AvgIpc) is 2.00. The van der Waals surface area contributed by atoms with E-state index in [0.717, 1.165) is 0 Å². The fourth-order valence-electron chi connectivity index (χ4n) is 0.431. The van der Waals surface area contributed by atoms with Crippen molar-refractivity contribution >= 4 is 11.9 Å². The zero-order valence-corrected chi connectivity index (χ0v) is 6.96. The number of amides is 1. The van der Waals surface area contributed by atoms with Crippen LogP contribution in [-0.2, 0) is 4.74 Å². The van der Waals surface area contributed by atoms with Crippen molar-refractivity contribution in [2.75, 3.05) is 6.61 Å². The van der Waals surface area contributed by atoms with Crippen molar-refractivity contribution in [1.82, 2.24) is 5.32 Å². The number of carbonyl (C=O) groups excluding carboxylic acids is 1. The van der Waals surface area contributed by atoms with E-state index in [2.05, 4.69) is 16.6 Å². The van der Waals surface area contributed by atoms with Crippen LogP contribution in [0.4, 0.5) is 4.79 Å². The second-order valence-corrected chi connectivity index (χ2v) is 2.21. The Kier molecular flexibility index (Phi) is 4.52. The van der Waals surface area contributed by atoms with E-state index >= 15 is 0 Å². The summed E-state index contributed by atoms with van der Waals surface area (Å²) in [5.41, 5.74) is 5.11. The Morgan fingerprint density at radius 1 is 1.92 bits per heavy atom. The summed E-state index contributed by atoms with van der Waals surface area (Å²) in [6.07, 6.45) is 0.857. The summed E-state index contributed by atoms with van der Waals surface area (Å²) >= 11 is 0. The summed E-state index contributed by atoms with van der Waals surface area (Å²) in [7, 11) is 0. The molecule has 0 aliphatic carbocycles. The molecule has 5 nitrogen and oxygen atoms in total. The van der Waals surface area contributed by atoms with Gasteiger partial charge in [-0.3, -0.25) is 5.41 Å². The van der Waals surface area contributed by atoms with Gasteiger partial charge in [0.15, 0.2) is 0 Å². The van der Waals surface area contributed by atoms with E-state index in [-0.39, 0.29) is 12.4 Å². The fourth-order valence-corrected chi connectivity index (χ4v) is 0.431. The molecule has 0 aliphatic heterocycles. The Morgan fingerprint density at radius 2 is 2.50 bits per heavy atom. The highest BCUT2D eigenvalue weighted by Gasteiger charge is 2.08. The predicted octanol–water partition coefficient (Wildman–Crippen LogP) is 0.223. The van der Waals surface area contributed by atoms with Crippen LogP contribution in [0.1, 0.15) is 6.92 Å². The monoisotopic (exact) mass is 171 g/mol. The number of alkyl carbamates (subject to hydrolysis) is 1. The molecule has 0 radical (unpaired) electrons. The summed E-state index contributed by atoms with van der Waals surface area (Å²) < 4.78 is 4.59. The molecule has 0 aromatic carbocycles. The molecule has 68 valence electrons. The van der Waals surface area contributed by atoms with Gasteiger partial charge in [-0.25, -0.2) is 4.79 Å². The molecule has 0 spiro atoms. The lowest BCUT2D eigenvalue weighted by atomic mass is 10.3. The molecule has 12 heavy (non-hydrogen) atoms. The van der Waals surface area contributed by atoms with Gasteiger partial charge in [-0.15, -0.1) is 0 Å². The molecule has 0 aromatic heterocycles. The van der Waals surface area contributed by atoms with Crippen LogP contribution in [0.15, 0.2) is 12.7 Å². The van der Waals surface area contributed by atoms with Gasteiger partial charge in [0, 0.05) is 0 Å². The standard InChI is InChI=1S/C7H13N3O2/c1-3-4-12-7(11)10-5(2)6(8)9/h3,5H,1,4H2,2H3,(H3,8,9)(H,10,11). The highest BCUT2D eigenvalue weighted by atomic mass is 16.5. The maximum atomic E-state index is 10.8. The number of nitrogens with one attached hydrogen (secondary N) is 2. The quantitative estimate of drug-likeness (QED) is 0.321. The second-order valence-electron chi connectivity index (χ2n) is 2.21. The predicted molar refractivity (Wildman–Crippen MR) is 46.1 cm³/mol. The molecule has 0 rings (SSSR count). The van der Waals surface area contributed by atoms with E-state index in [1.165, 1.54) is 6.08 Å². The van der Waals surface area contributed by atoms with Crippen molar-refractivity contribution in [1.29, 1.82) is 5.41 Å². The lowest BCUT2D eigenvalue weighted by Gasteiger charge is -2.10. The average molecular weight is 171 g/mol. The van der Waals surface area contributed by atoms with Crippen LogP contribution in [0.3, 0.4) is 0 Å². The molecule has 0 aromatic rings. The van der Waals surface area contributed by atoms with Gasteiger partial charge in [0.1, 0.15) is 12.4 Å². The summed E-state index contributed by atoms with van der Waals surface area (Å²) in [6, 6.07) is -0.498. The molecule has 1 atom stereocenters. The highest BCUT2D eigenvalue weighted by Crippen LogP contribution is 1.83. The number of rotatable bonds is 4. The third kappa shape index (κ3) is 4.32. The molecule has 0 heterocycles. The first-order valence-corrected chi connectivity index (χ1v) is 3.46. The summed E-state index contributed by atoms with van der Waals surface area (Å²) in [5, 5.41) is 9.31. The van der Waals surface area contributed by atoms with Crippen LogP contribution in [0.25, 0.3) is 0 Å². The fraction of sp³-hybridized carbons (Fsp3) is 0.429. The summed E-state index contributed by atoms with van der Waals surface area (Å²) in [6.45, 7) is 5.12. The summed E-state index contributed by atoms with van der Waals surface area (Å²) in [4.78, 5) is 10.8. The zero-order valence-electron chi connectivity index (χ0n) is 6.96. The maximum absolute atomic E-state index is 10.8. The SMILES string of the molecule is C=CCOC(=O)NC(C)C(=N)N. The van der Waals surface area contributed by atoms with Gasteiger partial charge in [0.05, 0.1) is 6.04 Å². The lowest BCUT2D eigenvalue weighted by molar-refractivity contribution is 0.157. The smallest absolute Gasteiger partial charge is 0.408 e. The van der Waals surface area contributed by atoms with Crippen molar-refractivity contribution in [3.8, 4) is 0 Å². The van der Waals surface area contributed by atoms with E-state index in [9.17, 15) is 4.79 Å². The molecule has 0 aliphatic rings. The van der Waals surface area contributed by atoms with Gasteiger partial charge in [-0.05, 0) is 6.92 Å². The minimum atomic E-state index is -0.599. The zero-order chi connectivity index (χ0) is 9.56. The Balaban J connectivity index is 3.68. The van der Waals surface area contributed by atoms with E-state index in [0.29, 0.717) is 0 Å². The van der Waals surface area contributed by atoms with Crippen molar-refractivity contribution in [3.05, 3.63) is 12.7 Å². The van der Waals surface area contributed by atoms with Crippen molar-refractivity contribution in [3.63, 3.8) is 0 Å². The topological polar surface area (TPSA) is 88.2 Å². The van der Waals surface area contributed by atoms with Gasteiger partial charge >= 0.3 is 6.09 Å². The van der Waals surface area contributed by atoms with Crippen LogP contribution in [0.5, 0.6) is 0 Å². The number of ether oxygens (including phenoxy) is 1. The van der Waals surface area contributed by atoms with E-state index < -0.39 is 12.1 Å². The van der Waals surface area contributed by atoms with Gasteiger partial charge in [0.2, 0.25) is 0 Å². The summed E-state index contributed by atoms with van der Waals surface area (Å²) in [5.74, 6) is -0.106. The first-order chi connectivity index (χ1) is 5.57. The van der Waals surface area contributed by atoms with Crippen LogP contribution >= 0.6 is 0 Å². The first kappa shape index (κ1) is 10.5. The molecule has 1 amide bonds. The Bertz CT molecular complexity index is 191. The Labute approximate surface area is 71.1 Å². The maximum Gasteiger partial charge on any atom is 0.408 e. The van der Waals surface area contributed by atoms with E-state index in [1.807, 2.05) is 0 Å². The molecular weight excluding hydrogens is 158 g/mol. The highest BCUT2D eigenvalue weighted by molar-refractivity contribution is 5.85. The molecule has 0 saturated heterocycles. The van der Waals surface area contributed by atoms with Crippen LogP contribution in [0, 0.1) is 5.41 Å². The van der Waals surface area contributed by atoms with Gasteiger partial charge in [-0.2, -0.15) is 0 Å². The number of carbonyl (C=O) groups is 1. The lowest BCUT2D eigenvalue weighted by Crippen LogP contribution is -2.42.